The molecule has 0 atom stereocenters. The first-order chi connectivity index (χ1) is 22.3. The van der Waals surface area contributed by atoms with Crippen LogP contribution in [0.3, 0.4) is 0 Å². The lowest BCUT2D eigenvalue weighted by Gasteiger charge is -2.31. The fourth-order valence-electron chi connectivity index (χ4n) is 6.07. The third-order valence-corrected chi connectivity index (χ3v) is 9.34. The zero-order valence-electron chi connectivity index (χ0n) is 28.9. The van der Waals surface area contributed by atoms with Gasteiger partial charge in [0.05, 0.1) is 50.9 Å². The average Bonchev–Trinajstić information content (AvgIpc) is 3.60. The van der Waals surface area contributed by atoms with Crippen molar-refractivity contribution >= 4 is 23.2 Å². The number of hydrogen-bond acceptors (Lipinski definition) is 4. The van der Waals surface area contributed by atoms with E-state index in [-0.39, 0.29) is 22.6 Å². The third kappa shape index (κ3) is 6.92. The summed E-state index contributed by atoms with van der Waals surface area (Å²) in [6, 6.07) is 24.7. The third-order valence-electron chi connectivity index (χ3n) is 9.34. The first kappa shape index (κ1) is 33.4. The number of hydrogen-bond donors (Lipinski definition) is 0. The first-order valence-corrected chi connectivity index (χ1v) is 16.2. The molecule has 0 saturated carbocycles. The van der Waals surface area contributed by atoms with E-state index in [9.17, 15) is 10.2 Å². The van der Waals surface area contributed by atoms with Crippen molar-refractivity contribution in [1.82, 2.24) is 9.13 Å². The summed E-state index contributed by atoms with van der Waals surface area (Å²) in [5.74, 6) is 0.589. The number of unbranched alkanes of at least 4 members (excludes halogenated alkanes) is 1. The quantitative estimate of drug-likeness (QED) is 0.119. The molecule has 0 amide bonds. The molecular formula is C39H46N6O2. The maximum Gasteiger partial charge on any atom is 0.292 e. The molecule has 47 heavy (non-hydrogen) atoms. The summed E-state index contributed by atoms with van der Waals surface area (Å²) in [6.07, 6.45) is 9.60. The Morgan fingerprint density at radius 2 is 1.15 bits per heavy atom. The van der Waals surface area contributed by atoms with E-state index in [2.05, 4.69) is 93.1 Å². The molecule has 3 aromatic carbocycles. The minimum absolute atomic E-state index is 0.242. The number of nitrogens with zero attached hydrogens (tertiary/aromatic N) is 6. The van der Waals surface area contributed by atoms with Crippen LogP contribution < -0.4 is 19.3 Å². The molecule has 0 fully saturated rings. The molecule has 0 aliphatic rings. The minimum atomic E-state index is -0.286. The van der Waals surface area contributed by atoms with Crippen LogP contribution in [0.25, 0.3) is 0 Å². The Morgan fingerprint density at radius 1 is 0.681 bits per heavy atom. The van der Waals surface area contributed by atoms with Crippen LogP contribution in [0.4, 0.5) is 11.4 Å². The summed E-state index contributed by atoms with van der Waals surface area (Å²) in [5.41, 5.74) is 5.35. The highest BCUT2D eigenvalue weighted by atomic mass is 16.3. The van der Waals surface area contributed by atoms with Crippen molar-refractivity contribution in [3.05, 3.63) is 131 Å². The maximum atomic E-state index is 13.1. The highest BCUT2D eigenvalue weighted by molar-refractivity contribution is 5.88. The van der Waals surface area contributed by atoms with E-state index >= 15 is 0 Å². The van der Waals surface area contributed by atoms with E-state index in [0.717, 1.165) is 30.5 Å². The van der Waals surface area contributed by atoms with Gasteiger partial charge < -0.3 is 10.2 Å². The van der Waals surface area contributed by atoms with Crippen molar-refractivity contribution in [2.75, 3.05) is 0 Å². The molecule has 5 rings (SSSR count). The summed E-state index contributed by atoms with van der Waals surface area (Å²) in [6.45, 7) is 11.8. The topological polar surface area (TPSA) is 88.5 Å². The molecule has 2 heterocycles. The van der Waals surface area contributed by atoms with Gasteiger partial charge in [0, 0.05) is 10.8 Å². The lowest BCUT2D eigenvalue weighted by molar-refractivity contribution is -0.674. The zero-order valence-corrected chi connectivity index (χ0v) is 28.9. The molecule has 0 saturated heterocycles. The van der Waals surface area contributed by atoms with Gasteiger partial charge in [-0.05, 0) is 52.9 Å². The van der Waals surface area contributed by atoms with Crippen LogP contribution in [-0.4, -0.2) is 20.9 Å². The molecule has 0 unspecified atom stereocenters. The van der Waals surface area contributed by atoms with Crippen LogP contribution in [-0.2, 0) is 38.5 Å². The van der Waals surface area contributed by atoms with Gasteiger partial charge in [-0.15, -0.1) is 0 Å². The van der Waals surface area contributed by atoms with E-state index < -0.39 is 0 Å². The van der Waals surface area contributed by atoms with Gasteiger partial charge in [-0.2, -0.15) is 0 Å². The first-order valence-electron chi connectivity index (χ1n) is 16.2. The van der Waals surface area contributed by atoms with Crippen LogP contribution in [0.5, 0.6) is 0 Å². The van der Waals surface area contributed by atoms with Crippen molar-refractivity contribution < 1.29 is 19.3 Å². The predicted octanol–water partition coefficient (Wildman–Crippen LogP) is 4.80. The van der Waals surface area contributed by atoms with Gasteiger partial charge in [-0.3, -0.25) is 9.98 Å². The molecule has 0 bridgehead atoms. The monoisotopic (exact) mass is 630 g/mol. The largest absolute Gasteiger partial charge is 0.853 e. The Kier molecular flexibility index (Phi) is 9.52. The van der Waals surface area contributed by atoms with Crippen LogP contribution in [0.15, 0.2) is 108 Å². The molecule has 8 heteroatoms. The number of benzene rings is 3. The Morgan fingerprint density at radius 3 is 1.62 bits per heavy atom. The van der Waals surface area contributed by atoms with Gasteiger partial charge in [0.2, 0.25) is 0 Å². The SMILES string of the molecule is CCCCn1cc[n+](C)c1C([O-])=Nc1ccc(C(C)(C)c2cccc(C(C)(C)c3ccc(N=C([O-])c4n(C)cc[n+]4C)cc3)c2)cc1. The highest BCUT2D eigenvalue weighted by Crippen LogP contribution is 2.37. The van der Waals surface area contributed by atoms with Crippen molar-refractivity contribution in [3.8, 4) is 0 Å². The van der Waals surface area contributed by atoms with Crippen LogP contribution in [0.1, 0.15) is 81.4 Å². The van der Waals surface area contributed by atoms with Crippen LogP contribution in [0.2, 0.25) is 0 Å². The van der Waals surface area contributed by atoms with E-state index in [1.807, 2.05) is 79.3 Å². The van der Waals surface area contributed by atoms with Gasteiger partial charge >= 0.3 is 0 Å². The van der Waals surface area contributed by atoms with Gasteiger partial charge in [-0.1, -0.05) is 89.6 Å². The number of aromatic nitrogens is 4. The van der Waals surface area contributed by atoms with Gasteiger partial charge in [0.15, 0.2) is 0 Å². The molecule has 0 aliphatic heterocycles. The van der Waals surface area contributed by atoms with Crippen LogP contribution >= 0.6 is 0 Å². The van der Waals surface area contributed by atoms with Crippen molar-refractivity contribution in [3.63, 3.8) is 0 Å². The van der Waals surface area contributed by atoms with Gasteiger partial charge in [0.1, 0.15) is 24.8 Å². The number of aryl methyl sites for hydroxylation is 4. The molecule has 8 nitrogen and oxygen atoms in total. The fourth-order valence-corrected chi connectivity index (χ4v) is 6.07. The normalized spacial score (nSPS) is 12.9. The summed E-state index contributed by atoms with van der Waals surface area (Å²) in [7, 11) is 5.56. The second-order valence-electron chi connectivity index (χ2n) is 13.4. The highest BCUT2D eigenvalue weighted by Gasteiger charge is 2.28. The van der Waals surface area contributed by atoms with E-state index in [0.29, 0.717) is 23.0 Å². The lowest BCUT2D eigenvalue weighted by atomic mass is 9.73. The Hall–Kier alpha value is -4.98. The zero-order chi connectivity index (χ0) is 33.9. The van der Waals surface area contributed by atoms with Crippen molar-refractivity contribution in [2.24, 2.45) is 31.1 Å². The maximum absolute atomic E-state index is 13.1. The number of aliphatic imine (C=N–C) groups is 2. The summed E-state index contributed by atoms with van der Waals surface area (Å²) in [5, 5.41) is 25.9. The lowest BCUT2D eigenvalue weighted by Crippen LogP contribution is -2.40. The second kappa shape index (κ2) is 13.4. The second-order valence-corrected chi connectivity index (χ2v) is 13.4. The Balaban J connectivity index is 1.36. The average molecular weight is 631 g/mol. The molecule has 0 aliphatic carbocycles. The minimum Gasteiger partial charge on any atom is -0.853 e. The molecule has 5 aromatic rings. The molecule has 0 radical (unpaired) electrons. The summed E-state index contributed by atoms with van der Waals surface area (Å²) >= 11 is 0. The smallest absolute Gasteiger partial charge is 0.292 e. The van der Waals surface area contributed by atoms with E-state index in [4.69, 9.17) is 0 Å². The van der Waals surface area contributed by atoms with Gasteiger partial charge in [0.25, 0.3) is 11.6 Å². The molecule has 244 valence electrons. The van der Waals surface area contributed by atoms with Crippen LogP contribution in [0, 0.1) is 0 Å². The van der Waals surface area contributed by atoms with Crippen molar-refractivity contribution in [2.45, 2.75) is 64.8 Å². The Labute approximate surface area is 278 Å². The van der Waals surface area contributed by atoms with E-state index in [1.54, 1.807) is 9.13 Å². The fraction of sp³-hybridized carbons (Fsp3) is 0.333. The molecule has 0 N–H and O–H groups in total. The van der Waals surface area contributed by atoms with Crippen molar-refractivity contribution in [1.29, 1.82) is 0 Å². The van der Waals surface area contributed by atoms with E-state index in [1.165, 1.54) is 11.1 Å². The Bertz CT molecular complexity index is 1890. The van der Waals surface area contributed by atoms with Gasteiger partial charge in [-0.25, -0.2) is 18.3 Å². The number of imidazole rings is 2. The predicted molar refractivity (Wildman–Crippen MR) is 183 cm³/mol. The summed E-state index contributed by atoms with van der Waals surface area (Å²) in [4.78, 5) is 8.79. The standard InChI is InChI=1S/C39H46N6O2/c1-9-10-22-45-26-25-44(8)37(45)35(47)41-33-20-16-29(17-21-33)39(4,5)31-13-11-12-30(27-31)38(2,3)28-14-18-32(19-15-28)40-34(46)36-42(6)23-24-43(36)7/h11-21,23-27H,9-10,22H2,1-8H3. The molecule has 2 aromatic heterocycles. The molecular weight excluding hydrogens is 584 g/mol. The molecule has 0 spiro atoms. The summed E-state index contributed by atoms with van der Waals surface area (Å²) < 4.78 is 7.37. The number of rotatable bonds is 11.